The van der Waals surface area contributed by atoms with Gasteiger partial charge in [-0.15, -0.1) is 0 Å². The first-order chi connectivity index (χ1) is 9.47. The van der Waals surface area contributed by atoms with E-state index in [1.807, 2.05) is 0 Å². The molecule has 2 rings (SSSR count). The minimum atomic E-state index is -0.429. The highest BCUT2D eigenvalue weighted by atomic mass is 16.6. The molecule has 1 aliphatic carbocycles. The lowest BCUT2D eigenvalue weighted by Gasteiger charge is -2.31. The number of anilines is 1. The molecule has 2 unspecified atom stereocenters. The Hall–Kier alpha value is -1.85. The Bertz CT molecular complexity index is 483. The van der Waals surface area contributed by atoms with Crippen molar-refractivity contribution < 1.29 is 9.66 Å². The molecular formula is C14H21N3O3. The first-order valence-electron chi connectivity index (χ1n) is 6.98. The second-order valence-corrected chi connectivity index (χ2v) is 5.71. The third-order valence-electron chi connectivity index (χ3n) is 3.68. The molecule has 0 bridgehead atoms. The standard InChI is InChI=1S/C14H21N3O3/c1-9-4-10(2)6-12(5-9)20-14-8-11(17(18)19)7-13(15-3)16-14/h7-10,12H,4-6H2,1-3H3,(H,15,16). The van der Waals surface area contributed by atoms with Gasteiger partial charge in [0.1, 0.15) is 11.9 Å². The van der Waals surface area contributed by atoms with Crippen molar-refractivity contribution in [2.75, 3.05) is 12.4 Å². The van der Waals surface area contributed by atoms with Crippen molar-refractivity contribution in [1.29, 1.82) is 0 Å². The lowest BCUT2D eigenvalue weighted by Crippen LogP contribution is -2.28. The molecule has 1 aromatic rings. The number of nitrogens with one attached hydrogen (secondary N) is 1. The Morgan fingerprint density at radius 1 is 1.30 bits per heavy atom. The van der Waals surface area contributed by atoms with Gasteiger partial charge in [0.15, 0.2) is 0 Å². The highest BCUT2D eigenvalue weighted by Gasteiger charge is 2.26. The van der Waals surface area contributed by atoms with Crippen LogP contribution in [-0.2, 0) is 0 Å². The van der Waals surface area contributed by atoms with Crippen molar-refractivity contribution in [3.8, 4) is 5.88 Å². The van der Waals surface area contributed by atoms with Gasteiger partial charge in [0, 0.05) is 7.05 Å². The summed E-state index contributed by atoms with van der Waals surface area (Å²) in [6.45, 7) is 4.43. The van der Waals surface area contributed by atoms with E-state index in [1.54, 1.807) is 7.05 Å². The number of nitrogens with zero attached hydrogens (tertiary/aromatic N) is 2. The zero-order valence-electron chi connectivity index (χ0n) is 12.1. The van der Waals surface area contributed by atoms with Gasteiger partial charge in [0.25, 0.3) is 5.69 Å². The molecule has 6 nitrogen and oxygen atoms in total. The van der Waals surface area contributed by atoms with Gasteiger partial charge in [-0.3, -0.25) is 10.1 Å². The molecule has 0 spiro atoms. The van der Waals surface area contributed by atoms with Crippen LogP contribution < -0.4 is 10.1 Å². The van der Waals surface area contributed by atoms with Crippen LogP contribution in [0.2, 0.25) is 0 Å². The Labute approximate surface area is 118 Å². The van der Waals surface area contributed by atoms with E-state index in [0.29, 0.717) is 23.5 Å². The molecule has 1 saturated carbocycles. The van der Waals surface area contributed by atoms with E-state index >= 15 is 0 Å². The van der Waals surface area contributed by atoms with Gasteiger partial charge in [0.2, 0.25) is 5.88 Å². The van der Waals surface area contributed by atoms with E-state index in [9.17, 15) is 10.1 Å². The van der Waals surface area contributed by atoms with E-state index in [0.717, 1.165) is 12.8 Å². The van der Waals surface area contributed by atoms with Crippen LogP contribution >= 0.6 is 0 Å². The smallest absolute Gasteiger partial charge is 0.278 e. The average Bonchev–Trinajstić information content (AvgIpc) is 2.36. The number of pyridine rings is 1. The number of aromatic nitrogens is 1. The topological polar surface area (TPSA) is 77.3 Å². The number of nitro groups is 1. The third kappa shape index (κ3) is 3.59. The largest absolute Gasteiger partial charge is 0.474 e. The summed E-state index contributed by atoms with van der Waals surface area (Å²) in [7, 11) is 1.68. The van der Waals surface area contributed by atoms with Gasteiger partial charge in [-0.2, -0.15) is 4.98 Å². The second kappa shape index (κ2) is 6.07. The van der Waals surface area contributed by atoms with Gasteiger partial charge in [-0.05, 0) is 31.1 Å². The van der Waals surface area contributed by atoms with Crippen LogP contribution in [-0.4, -0.2) is 23.1 Å². The van der Waals surface area contributed by atoms with Crippen LogP contribution in [0, 0.1) is 22.0 Å². The minimum absolute atomic E-state index is 0.00347. The normalized spacial score (nSPS) is 26.1. The van der Waals surface area contributed by atoms with Crippen LogP contribution in [0.15, 0.2) is 12.1 Å². The predicted octanol–water partition coefficient (Wildman–Crippen LogP) is 3.24. The molecule has 20 heavy (non-hydrogen) atoms. The van der Waals surface area contributed by atoms with Crippen molar-refractivity contribution in [3.05, 3.63) is 22.2 Å². The average molecular weight is 279 g/mol. The summed E-state index contributed by atoms with van der Waals surface area (Å²) in [5.74, 6) is 2.01. The minimum Gasteiger partial charge on any atom is -0.474 e. The van der Waals surface area contributed by atoms with E-state index in [4.69, 9.17) is 4.74 Å². The first-order valence-corrected chi connectivity index (χ1v) is 6.98. The summed E-state index contributed by atoms with van der Waals surface area (Å²) in [4.78, 5) is 14.7. The van der Waals surface area contributed by atoms with Crippen LogP contribution in [0.5, 0.6) is 5.88 Å². The quantitative estimate of drug-likeness (QED) is 0.676. The van der Waals surface area contributed by atoms with E-state index in [-0.39, 0.29) is 11.8 Å². The molecule has 0 amide bonds. The molecule has 0 radical (unpaired) electrons. The van der Waals surface area contributed by atoms with Crippen LogP contribution in [0.3, 0.4) is 0 Å². The highest BCUT2D eigenvalue weighted by molar-refractivity contribution is 5.47. The summed E-state index contributed by atoms with van der Waals surface area (Å²) in [6, 6.07) is 2.80. The molecule has 1 aliphatic rings. The zero-order chi connectivity index (χ0) is 14.7. The van der Waals surface area contributed by atoms with Crippen LogP contribution in [0.4, 0.5) is 11.5 Å². The summed E-state index contributed by atoms with van der Waals surface area (Å²) in [5, 5.41) is 13.7. The molecule has 1 aromatic heterocycles. The molecule has 0 aliphatic heterocycles. The molecule has 2 atom stereocenters. The fraction of sp³-hybridized carbons (Fsp3) is 0.643. The molecule has 0 saturated heterocycles. The molecule has 1 N–H and O–H groups in total. The van der Waals surface area contributed by atoms with Gasteiger partial charge in [-0.1, -0.05) is 13.8 Å². The molecule has 0 aromatic carbocycles. The Morgan fingerprint density at radius 2 is 1.95 bits per heavy atom. The van der Waals surface area contributed by atoms with Gasteiger partial charge in [-0.25, -0.2) is 0 Å². The maximum atomic E-state index is 10.9. The second-order valence-electron chi connectivity index (χ2n) is 5.71. The van der Waals surface area contributed by atoms with Crippen molar-refractivity contribution in [3.63, 3.8) is 0 Å². The van der Waals surface area contributed by atoms with Crippen LogP contribution in [0.1, 0.15) is 33.1 Å². The SMILES string of the molecule is CNc1cc([N+](=O)[O-])cc(OC2CC(C)CC(C)C2)n1. The van der Waals surface area contributed by atoms with E-state index in [1.165, 1.54) is 18.6 Å². The molecular weight excluding hydrogens is 258 g/mol. The summed E-state index contributed by atoms with van der Waals surface area (Å²) >= 11 is 0. The zero-order valence-corrected chi connectivity index (χ0v) is 12.1. The Balaban J connectivity index is 2.15. The van der Waals surface area contributed by atoms with E-state index < -0.39 is 4.92 Å². The van der Waals surface area contributed by atoms with Crippen molar-refractivity contribution in [1.82, 2.24) is 4.98 Å². The van der Waals surface area contributed by atoms with Crippen LogP contribution in [0.25, 0.3) is 0 Å². The third-order valence-corrected chi connectivity index (χ3v) is 3.68. The first kappa shape index (κ1) is 14.6. The summed E-state index contributed by atoms with van der Waals surface area (Å²) in [6.07, 6.45) is 3.25. The monoisotopic (exact) mass is 279 g/mol. The fourth-order valence-electron chi connectivity index (χ4n) is 2.93. The number of hydrogen-bond donors (Lipinski definition) is 1. The highest BCUT2D eigenvalue weighted by Crippen LogP contribution is 2.32. The predicted molar refractivity (Wildman–Crippen MR) is 77.0 cm³/mol. The number of rotatable bonds is 4. The summed E-state index contributed by atoms with van der Waals surface area (Å²) < 4.78 is 5.87. The van der Waals surface area contributed by atoms with Gasteiger partial charge >= 0.3 is 0 Å². The molecule has 1 heterocycles. The Morgan fingerprint density at radius 3 is 2.50 bits per heavy atom. The molecule has 6 heteroatoms. The number of ether oxygens (including phenoxy) is 1. The molecule has 1 fully saturated rings. The van der Waals surface area contributed by atoms with Gasteiger partial charge < -0.3 is 10.1 Å². The molecule has 110 valence electrons. The van der Waals surface area contributed by atoms with Gasteiger partial charge in [0.05, 0.1) is 17.1 Å². The van der Waals surface area contributed by atoms with Crippen molar-refractivity contribution in [2.24, 2.45) is 11.8 Å². The van der Waals surface area contributed by atoms with Crippen molar-refractivity contribution >= 4 is 11.5 Å². The lowest BCUT2D eigenvalue weighted by molar-refractivity contribution is -0.384. The number of hydrogen-bond acceptors (Lipinski definition) is 5. The Kier molecular flexibility index (Phi) is 4.42. The summed E-state index contributed by atoms with van der Waals surface area (Å²) in [5.41, 5.74) is -0.00347. The maximum absolute atomic E-state index is 10.9. The maximum Gasteiger partial charge on any atom is 0.278 e. The fourth-order valence-corrected chi connectivity index (χ4v) is 2.93. The van der Waals surface area contributed by atoms with E-state index in [2.05, 4.69) is 24.1 Å². The lowest BCUT2D eigenvalue weighted by atomic mass is 9.82. The van der Waals surface area contributed by atoms with Crippen molar-refractivity contribution in [2.45, 2.75) is 39.2 Å².